The monoisotopic (exact) mass is 336 g/mol. The van der Waals surface area contributed by atoms with Crippen LogP contribution in [0.4, 0.5) is 0 Å². The van der Waals surface area contributed by atoms with E-state index in [-0.39, 0.29) is 5.41 Å². The smallest absolute Gasteiger partial charge is 0.149 e. The van der Waals surface area contributed by atoms with Gasteiger partial charge in [-0.25, -0.2) is 0 Å². The van der Waals surface area contributed by atoms with Gasteiger partial charge in [-0.1, -0.05) is 30.3 Å². The molecule has 2 heteroatoms. The van der Waals surface area contributed by atoms with E-state index in [0.717, 1.165) is 17.8 Å². The lowest BCUT2D eigenvalue weighted by molar-refractivity contribution is -0.141. The van der Waals surface area contributed by atoms with E-state index in [1.165, 1.54) is 54.2 Å². The molecule has 4 aliphatic carbocycles. The number of carbonyl (C=O) groups excluding carboxylic acids is 1. The highest BCUT2D eigenvalue weighted by molar-refractivity contribution is 8.00. The van der Waals surface area contributed by atoms with Crippen LogP contribution >= 0.6 is 11.8 Å². The molecular formula is C22H24OS. The van der Waals surface area contributed by atoms with Crippen LogP contribution in [-0.2, 0) is 4.79 Å². The predicted octanol–water partition coefficient (Wildman–Crippen LogP) is 5.72. The van der Waals surface area contributed by atoms with Crippen LogP contribution < -0.4 is 0 Å². The highest BCUT2D eigenvalue weighted by Gasteiger charge is 2.53. The first kappa shape index (κ1) is 15.0. The third-order valence-electron chi connectivity index (χ3n) is 6.72. The van der Waals surface area contributed by atoms with E-state index in [1.807, 2.05) is 0 Å². The Hall–Kier alpha value is -1.28. The maximum absolute atomic E-state index is 13.1. The van der Waals surface area contributed by atoms with E-state index in [4.69, 9.17) is 0 Å². The van der Waals surface area contributed by atoms with Crippen LogP contribution in [-0.4, -0.2) is 11.5 Å². The third-order valence-corrected chi connectivity index (χ3v) is 7.71. The number of fused-ring (bicyclic) bond motifs is 1. The first-order chi connectivity index (χ1) is 11.7. The van der Waals surface area contributed by atoms with E-state index >= 15 is 0 Å². The number of hydrogen-bond acceptors (Lipinski definition) is 2. The number of carbonyl (C=O) groups is 1. The predicted molar refractivity (Wildman–Crippen MR) is 100 cm³/mol. The van der Waals surface area contributed by atoms with Crippen LogP contribution in [0.25, 0.3) is 10.8 Å². The van der Waals surface area contributed by atoms with Gasteiger partial charge >= 0.3 is 0 Å². The van der Waals surface area contributed by atoms with Crippen LogP contribution in [0, 0.1) is 23.2 Å². The molecule has 0 N–H and O–H groups in total. The van der Waals surface area contributed by atoms with Crippen molar-refractivity contribution in [3.05, 3.63) is 42.5 Å². The molecule has 24 heavy (non-hydrogen) atoms. The zero-order chi connectivity index (χ0) is 16.1. The lowest BCUT2D eigenvalue weighted by atomic mass is 9.48. The van der Waals surface area contributed by atoms with Crippen molar-refractivity contribution in [3.63, 3.8) is 0 Å². The maximum Gasteiger partial charge on any atom is 0.149 e. The number of Topliss-reactive ketones (excluding diaryl/α,β-unsaturated/α-hetero) is 1. The number of benzene rings is 2. The molecule has 0 spiro atoms. The molecule has 0 heterocycles. The topological polar surface area (TPSA) is 17.1 Å². The quantitative estimate of drug-likeness (QED) is 0.664. The Kier molecular flexibility index (Phi) is 3.52. The normalized spacial score (nSPS) is 33.9. The number of ketones is 1. The highest BCUT2D eigenvalue weighted by Crippen LogP contribution is 2.60. The molecule has 0 radical (unpaired) electrons. The molecule has 4 bridgehead atoms. The molecule has 1 nitrogen and oxygen atoms in total. The van der Waals surface area contributed by atoms with Gasteiger partial charge in [-0.15, -0.1) is 11.8 Å². The van der Waals surface area contributed by atoms with E-state index in [1.54, 1.807) is 11.8 Å². The SMILES string of the molecule is O=C(CSc1ccc2ccccc2c1)C12CC3CC(CC(C3)C1)C2. The summed E-state index contributed by atoms with van der Waals surface area (Å²) in [6.45, 7) is 0. The van der Waals surface area contributed by atoms with Gasteiger partial charge in [0.25, 0.3) is 0 Å². The summed E-state index contributed by atoms with van der Waals surface area (Å²) in [6.07, 6.45) is 7.79. The summed E-state index contributed by atoms with van der Waals surface area (Å²) in [5.74, 6) is 3.76. The van der Waals surface area contributed by atoms with Crippen molar-refractivity contribution >= 4 is 28.3 Å². The molecule has 0 unspecified atom stereocenters. The maximum atomic E-state index is 13.1. The van der Waals surface area contributed by atoms with Gasteiger partial charge in [-0.2, -0.15) is 0 Å². The van der Waals surface area contributed by atoms with Gasteiger partial charge in [0.15, 0.2) is 0 Å². The van der Waals surface area contributed by atoms with Crippen molar-refractivity contribution in [2.24, 2.45) is 23.2 Å². The van der Waals surface area contributed by atoms with Crippen LogP contribution in [0.1, 0.15) is 38.5 Å². The Labute approximate surface area is 148 Å². The molecule has 0 saturated heterocycles. The van der Waals surface area contributed by atoms with Crippen molar-refractivity contribution in [3.8, 4) is 0 Å². The summed E-state index contributed by atoms with van der Waals surface area (Å²) >= 11 is 1.74. The van der Waals surface area contributed by atoms with E-state index < -0.39 is 0 Å². The molecule has 4 aliphatic rings. The summed E-state index contributed by atoms with van der Waals surface area (Å²) in [5.41, 5.74) is 0.0542. The molecule has 0 aliphatic heterocycles. The van der Waals surface area contributed by atoms with Gasteiger partial charge < -0.3 is 0 Å². The molecule has 2 aromatic rings. The van der Waals surface area contributed by atoms with Crippen molar-refractivity contribution in [2.45, 2.75) is 43.4 Å². The van der Waals surface area contributed by atoms with Gasteiger partial charge in [0.05, 0.1) is 5.75 Å². The summed E-state index contributed by atoms with van der Waals surface area (Å²) in [7, 11) is 0. The fourth-order valence-corrected chi connectivity index (χ4v) is 6.99. The first-order valence-corrected chi connectivity index (χ1v) is 10.3. The van der Waals surface area contributed by atoms with E-state index in [9.17, 15) is 4.79 Å². The zero-order valence-corrected chi connectivity index (χ0v) is 14.9. The molecule has 4 saturated carbocycles. The van der Waals surface area contributed by atoms with E-state index in [2.05, 4.69) is 42.5 Å². The highest BCUT2D eigenvalue weighted by atomic mass is 32.2. The Morgan fingerprint density at radius 1 is 0.917 bits per heavy atom. The minimum Gasteiger partial charge on any atom is -0.298 e. The molecule has 0 aromatic heterocycles. The zero-order valence-electron chi connectivity index (χ0n) is 14.0. The summed E-state index contributed by atoms with van der Waals surface area (Å²) < 4.78 is 0. The molecule has 4 fully saturated rings. The third kappa shape index (κ3) is 2.50. The van der Waals surface area contributed by atoms with Crippen molar-refractivity contribution in [2.75, 3.05) is 5.75 Å². The first-order valence-electron chi connectivity index (χ1n) is 9.35. The van der Waals surface area contributed by atoms with Crippen molar-refractivity contribution in [1.82, 2.24) is 0 Å². The van der Waals surface area contributed by atoms with Gasteiger partial charge in [0.1, 0.15) is 5.78 Å². The lowest BCUT2D eigenvalue weighted by Crippen LogP contribution is -2.50. The molecule has 0 atom stereocenters. The minimum atomic E-state index is 0.0542. The second-order valence-electron chi connectivity index (χ2n) is 8.42. The summed E-state index contributed by atoms with van der Waals surface area (Å²) in [4.78, 5) is 14.3. The van der Waals surface area contributed by atoms with Crippen molar-refractivity contribution in [1.29, 1.82) is 0 Å². The van der Waals surface area contributed by atoms with Crippen LogP contribution in [0.5, 0.6) is 0 Å². The summed E-state index contributed by atoms with van der Waals surface area (Å²) in [6, 6.07) is 15.0. The number of rotatable bonds is 4. The van der Waals surface area contributed by atoms with Gasteiger partial charge in [0, 0.05) is 10.3 Å². The van der Waals surface area contributed by atoms with Crippen molar-refractivity contribution < 1.29 is 4.79 Å². The fraction of sp³-hybridized carbons (Fsp3) is 0.500. The molecule has 124 valence electrons. The Morgan fingerprint density at radius 2 is 1.54 bits per heavy atom. The number of thioether (sulfide) groups is 1. The molecular weight excluding hydrogens is 312 g/mol. The van der Waals surface area contributed by atoms with Crippen LogP contribution in [0.2, 0.25) is 0 Å². The average Bonchev–Trinajstić information content (AvgIpc) is 2.58. The van der Waals surface area contributed by atoms with Crippen LogP contribution in [0.15, 0.2) is 47.4 Å². The molecule has 0 amide bonds. The Morgan fingerprint density at radius 3 is 2.21 bits per heavy atom. The second-order valence-corrected chi connectivity index (χ2v) is 9.47. The average molecular weight is 337 g/mol. The van der Waals surface area contributed by atoms with Crippen LogP contribution in [0.3, 0.4) is 0 Å². The Bertz CT molecular complexity index is 758. The van der Waals surface area contributed by atoms with Gasteiger partial charge in [-0.05, 0) is 79.2 Å². The lowest BCUT2D eigenvalue weighted by Gasteiger charge is -2.56. The van der Waals surface area contributed by atoms with E-state index in [0.29, 0.717) is 11.5 Å². The Balaban J connectivity index is 1.31. The molecule has 6 rings (SSSR count). The minimum absolute atomic E-state index is 0.0542. The summed E-state index contributed by atoms with van der Waals surface area (Å²) in [5, 5.41) is 2.54. The second kappa shape index (κ2) is 5.62. The number of hydrogen-bond donors (Lipinski definition) is 0. The van der Waals surface area contributed by atoms with Gasteiger partial charge in [-0.3, -0.25) is 4.79 Å². The standard InChI is InChI=1S/C22H24OS/c23-21(22-11-15-7-16(12-22)9-17(8-15)13-22)14-24-20-6-5-18-3-1-2-4-19(18)10-20/h1-6,10,15-17H,7-9,11-14H2. The van der Waals surface area contributed by atoms with Gasteiger partial charge in [0.2, 0.25) is 0 Å². The largest absolute Gasteiger partial charge is 0.298 e. The fourth-order valence-electron chi connectivity index (χ4n) is 6.01. The molecule has 2 aromatic carbocycles.